The smallest absolute Gasteiger partial charge is 0.0481 e. The molecule has 2 nitrogen and oxygen atoms in total. The topological polar surface area (TPSA) is 15.3 Å². The maximum atomic E-state index is 3.55. The minimum absolute atomic E-state index is 0.520. The van der Waals surface area contributed by atoms with E-state index in [2.05, 4.69) is 58.2 Å². The van der Waals surface area contributed by atoms with Crippen molar-refractivity contribution in [3.05, 3.63) is 28.2 Å². The van der Waals surface area contributed by atoms with Gasteiger partial charge in [0, 0.05) is 28.8 Å². The Hall–Kier alpha value is -0.540. The van der Waals surface area contributed by atoms with Gasteiger partial charge in [0.1, 0.15) is 0 Å². The van der Waals surface area contributed by atoms with Crippen molar-refractivity contribution in [3.8, 4) is 0 Å². The molecule has 1 aliphatic heterocycles. The van der Waals surface area contributed by atoms with E-state index in [0.29, 0.717) is 12.1 Å². The van der Waals surface area contributed by atoms with E-state index in [-0.39, 0.29) is 0 Å². The summed E-state index contributed by atoms with van der Waals surface area (Å²) in [6.45, 7) is 5.56. The number of halogens is 1. The van der Waals surface area contributed by atoms with Crippen LogP contribution in [-0.4, -0.2) is 25.7 Å². The van der Waals surface area contributed by atoms with Gasteiger partial charge in [-0.3, -0.25) is 0 Å². The second kappa shape index (κ2) is 4.76. The Balaban J connectivity index is 2.32. The van der Waals surface area contributed by atoms with E-state index in [1.807, 2.05) is 7.05 Å². The molecule has 0 fully saturated rings. The van der Waals surface area contributed by atoms with Crippen LogP contribution in [0.25, 0.3) is 0 Å². The van der Waals surface area contributed by atoms with Crippen LogP contribution in [0, 0.1) is 0 Å². The second-order valence-electron chi connectivity index (χ2n) is 4.41. The standard InChI is InChI=1S/C13H19BrN2/c1-4-16-12-6-5-11(14)7-10(12)8-13(16)9(2)15-3/h5-7,9,13,15H,4,8H2,1-3H3. The molecule has 0 radical (unpaired) electrons. The summed E-state index contributed by atoms with van der Waals surface area (Å²) in [4.78, 5) is 2.50. The fraction of sp³-hybridized carbons (Fsp3) is 0.538. The summed E-state index contributed by atoms with van der Waals surface area (Å²) in [5.41, 5.74) is 2.86. The van der Waals surface area contributed by atoms with Crippen LogP contribution in [0.15, 0.2) is 22.7 Å². The van der Waals surface area contributed by atoms with Gasteiger partial charge in [-0.15, -0.1) is 0 Å². The number of nitrogens with zero attached hydrogens (tertiary/aromatic N) is 1. The third-order valence-electron chi connectivity index (χ3n) is 3.55. The minimum Gasteiger partial charge on any atom is -0.367 e. The quantitative estimate of drug-likeness (QED) is 0.917. The highest BCUT2D eigenvalue weighted by molar-refractivity contribution is 9.10. The molecule has 1 heterocycles. The average molecular weight is 283 g/mol. The SMILES string of the molecule is CCN1c2ccc(Br)cc2CC1C(C)NC. The van der Waals surface area contributed by atoms with Gasteiger partial charge in [0.2, 0.25) is 0 Å². The molecule has 2 atom stereocenters. The lowest BCUT2D eigenvalue weighted by Crippen LogP contribution is -2.45. The zero-order valence-electron chi connectivity index (χ0n) is 10.1. The number of rotatable bonds is 3. The highest BCUT2D eigenvalue weighted by Crippen LogP contribution is 2.34. The van der Waals surface area contributed by atoms with Crippen LogP contribution in [0.4, 0.5) is 5.69 Å². The predicted molar refractivity (Wildman–Crippen MR) is 73.2 cm³/mol. The van der Waals surface area contributed by atoms with Crippen molar-refractivity contribution in [1.29, 1.82) is 0 Å². The monoisotopic (exact) mass is 282 g/mol. The van der Waals surface area contributed by atoms with Gasteiger partial charge in [0.15, 0.2) is 0 Å². The second-order valence-corrected chi connectivity index (χ2v) is 5.32. The van der Waals surface area contributed by atoms with E-state index in [4.69, 9.17) is 0 Å². The van der Waals surface area contributed by atoms with Gasteiger partial charge in [-0.05, 0) is 51.1 Å². The molecule has 2 unspecified atom stereocenters. The third-order valence-corrected chi connectivity index (χ3v) is 4.05. The van der Waals surface area contributed by atoms with Crippen LogP contribution in [0.3, 0.4) is 0 Å². The van der Waals surface area contributed by atoms with E-state index < -0.39 is 0 Å². The highest BCUT2D eigenvalue weighted by atomic mass is 79.9. The number of hydrogen-bond acceptors (Lipinski definition) is 2. The Morgan fingerprint density at radius 1 is 1.56 bits per heavy atom. The summed E-state index contributed by atoms with van der Waals surface area (Å²) in [6, 6.07) is 7.71. The molecule has 1 N–H and O–H groups in total. The van der Waals surface area contributed by atoms with Crippen LogP contribution >= 0.6 is 15.9 Å². The van der Waals surface area contributed by atoms with Gasteiger partial charge < -0.3 is 10.2 Å². The van der Waals surface area contributed by atoms with Crippen molar-refractivity contribution >= 4 is 21.6 Å². The summed E-state index contributed by atoms with van der Waals surface area (Å²) in [5, 5.41) is 3.37. The van der Waals surface area contributed by atoms with E-state index in [1.165, 1.54) is 15.7 Å². The molecule has 0 bridgehead atoms. The molecule has 0 saturated heterocycles. The van der Waals surface area contributed by atoms with Crippen molar-refractivity contribution < 1.29 is 0 Å². The number of anilines is 1. The average Bonchev–Trinajstić information content (AvgIpc) is 2.65. The zero-order chi connectivity index (χ0) is 11.7. The number of nitrogens with one attached hydrogen (secondary N) is 1. The molecule has 1 aromatic rings. The highest BCUT2D eigenvalue weighted by Gasteiger charge is 2.31. The molecule has 0 amide bonds. The normalized spacial score (nSPS) is 21.0. The Labute approximate surface area is 106 Å². The summed E-state index contributed by atoms with van der Waals surface area (Å²) in [5.74, 6) is 0. The lowest BCUT2D eigenvalue weighted by molar-refractivity contribution is 0.476. The Morgan fingerprint density at radius 2 is 2.31 bits per heavy atom. The van der Waals surface area contributed by atoms with Crippen LogP contribution < -0.4 is 10.2 Å². The minimum atomic E-state index is 0.520. The molecule has 0 aliphatic carbocycles. The number of hydrogen-bond donors (Lipinski definition) is 1. The van der Waals surface area contributed by atoms with Crippen molar-refractivity contribution in [1.82, 2.24) is 5.32 Å². The Morgan fingerprint density at radius 3 is 2.94 bits per heavy atom. The predicted octanol–water partition coefficient (Wildman–Crippen LogP) is 2.81. The van der Waals surface area contributed by atoms with Crippen molar-refractivity contribution in [2.45, 2.75) is 32.4 Å². The number of likely N-dealkylation sites (N-methyl/N-ethyl adjacent to an activating group) is 2. The van der Waals surface area contributed by atoms with Gasteiger partial charge in [0.05, 0.1) is 0 Å². The lowest BCUT2D eigenvalue weighted by Gasteiger charge is -2.30. The fourth-order valence-electron chi connectivity index (χ4n) is 2.56. The molecule has 16 heavy (non-hydrogen) atoms. The van der Waals surface area contributed by atoms with Crippen molar-refractivity contribution in [2.75, 3.05) is 18.5 Å². The van der Waals surface area contributed by atoms with E-state index in [9.17, 15) is 0 Å². The molecule has 0 aromatic heterocycles. The Bertz CT molecular complexity index is 378. The number of fused-ring (bicyclic) bond motifs is 1. The van der Waals surface area contributed by atoms with Gasteiger partial charge in [-0.25, -0.2) is 0 Å². The first kappa shape index (κ1) is 11.9. The first-order valence-corrected chi connectivity index (χ1v) is 6.69. The molecular weight excluding hydrogens is 264 g/mol. The fourth-order valence-corrected chi connectivity index (χ4v) is 2.96. The van der Waals surface area contributed by atoms with E-state index >= 15 is 0 Å². The maximum absolute atomic E-state index is 3.55. The zero-order valence-corrected chi connectivity index (χ0v) is 11.7. The first-order chi connectivity index (χ1) is 7.67. The molecule has 1 aliphatic rings. The molecule has 0 spiro atoms. The summed E-state index contributed by atoms with van der Waals surface area (Å²) in [6.07, 6.45) is 1.14. The molecule has 3 heteroatoms. The molecule has 0 saturated carbocycles. The molecule has 88 valence electrons. The number of benzene rings is 1. The van der Waals surface area contributed by atoms with E-state index in [1.54, 1.807) is 0 Å². The van der Waals surface area contributed by atoms with Gasteiger partial charge in [-0.2, -0.15) is 0 Å². The Kier molecular flexibility index (Phi) is 3.55. The largest absolute Gasteiger partial charge is 0.367 e. The third kappa shape index (κ3) is 1.98. The van der Waals surface area contributed by atoms with Crippen LogP contribution in [0.2, 0.25) is 0 Å². The lowest BCUT2D eigenvalue weighted by atomic mass is 10.0. The maximum Gasteiger partial charge on any atom is 0.0481 e. The van der Waals surface area contributed by atoms with E-state index in [0.717, 1.165) is 13.0 Å². The van der Waals surface area contributed by atoms with Gasteiger partial charge >= 0.3 is 0 Å². The summed E-state index contributed by atoms with van der Waals surface area (Å²) < 4.78 is 1.18. The molecule has 2 rings (SSSR count). The van der Waals surface area contributed by atoms with Gasteiger partial charge in [0.25, 0.3) is 0 Å². The van der Waals surface area contributed by atoms with Crippen LogP contribution in [-0.2, 0) is 6.42 Å². The molecular formula is C13H19BrN2. The van der Waals surface area contributed by atoms with Crippen LogP contribution in [0.1, 0.15) is 19.4 Å². The first-order valence-electron chi connectivity index (χ1n) is 5.89. The van der Waals surface area contributed by atoms with Crippen LogP contribution in [0.5, 0.6) is 0 Å². The molecule has 1 aromatic carbocycles. The van der Waals surface area contributed by atoms with Crippen molar-refractivity contribution in [2.24, 2.45) is 0 Å². The summed E-state index contributed by atoms with van der Waals surface area (Å²) >= 11 is 3.55. The van der Waals surface area contributed by atoms with Gasteiger partial charge in [-0.1, -0.05) is 15.9 Å². The summed E-state index contributed by atoms with van der Waals surface area (Å²) in [7, 11) is 2.04. The van der Waals surface area contributed by atoms with Crippen molar-refractivity contribution in [3.63, 3.8) is 0 Å².